The second-order valence-electron chi connectivity index (χ2n) is 5.96. The number of aromatic nitrogens is 2. The average Bonchev–Trinajstić information content (AvgIpc) is 3.13. The Morgan fingerprint density at radius 3 is 2.45 bits per heavy atom. The Kier molecular flexibility index (Phi) is 6.56. The van der Waals surface area contributed by atoms with Crippen LogP contribution in [-0.4, -0.2) is 43.1 Å². The largest absolute Gasteiger partial charge is 0.488 e. The van der Waals surface area contributed by atoms with E-state index in [-0.39, 0.29) is 35.3 Å². The summed E-state index contributed by atoms with van der Waals surface area (Å²) in [6, 6.07) is 15.1. The van der Waals surface area contributed by atoms with E-state index in [1.165, 1.54) is 35.1 Å². The lowest BCUT2D eigenvalue weighted by atomic mass is 10.3. The van der Waals surface area contributed by atoms with Gasteiger partial charge in [0.2, 0.25) is 5.69 Å². The fourth-order valence-corrected chi connectivity index (χ4v) is 3.75. The Morgan fingerprint density at radius 1 is 1.10 bits per heavy atom. The van der Waals surface area contributed by atoms with Gasteiger partial charge in [0, 0.05) is 5.02 Å². The van der Waals surface area contributed by atoms with E-state index in [0.717, 1.165) is 5.69 Å². The number of para-hydroxylation sites is 1. The molecule has 0 bridgehead atoms. The molecule has 9 heteroatoms. The Morgan fingerprint density at radius 2 is 1.79 bits per heavy atom. The first-order valence-electron chi connectivity index (χ1n) is 8.84. The minimum atomic E-state index is -3.56. The highest BCUT2D eigenvalue weighted by molar-refractivity contribution is 7.91. The van der Waals surface area contributed by atoms with Gasteiger partial charge in [0.15, 0.2) is 15.6 Å². The van der Waals surface area contributed by atoms with Crippen LogP contribution in [0.2, 0.25) is 5.02 Å². The second kappa shape index (κ2) is 9.11. The number of hydrogen-bond donors (Lipinski definition) is 0. The Bertz CT molecular complexity index is 1080. The van der Waals surface area contributed by atoms with Crippen molar-refractivity contribution in [1.82, 2.24) is 9.78 Å². The van der Waals surface area contributed by atoms with Gasteiger partial charge in [-0.15, -0.1) is 0 Å². The normalized spacial score (nSPS) is 11.2. The van der Waals surface area contributed by atoms with Crippen molar-refractivity contribution in [2.45, 2.75) is 11.8 Å². The van der Waals surface area contributed by atoms with Crippen molar-refractivity contribution in [2.24, 2.45) is 0 Å². The van der Waals surface area contributed by atoms with Crippen LogP contribution in [0.15, 0.2) is 65.7 Å². The van der Waals surface area contributed by atoms with Crippen LogP contribution in [0.25, 0.3) is 5.69 Å². The summed E-state index contributed by atoms with van der Waals surface area (Å²) in [5, 5.41) is 4.69. The summed E-state index contributed by atoms with van der Waals surface area (Å²) in [5.74, 6) is -0.760. The van der Waals surface area contributed by atoms with Gasteiger partial charge in [-0.3, -0.25) is 0 Å². The van der Waals surface area contributed by atoms with Crippen molar-refractivity contribution in [3.8, 4) is 11.4 Å². The summed E-state index contributed by atoms with van der Waals surface area (Å²) >= 11 is 5.80. The molecule has 0 aliphatic carbocycles. The monoisotopic (exact) mass is 434 g/mol. The average molecular weight is 435 g/mol. The van der Waals surface area contributed by atoms with Crippen LogP contribution in [0.4, 0.5) is 0 Å². The van der Waals surface area contributed by atoms with Gasteiger partial charge in [-0.25, -0.2) is 17.9 Å². The number of benzene rings is 2. The number of halogens is 1. The lowest BCUT2D eigenvalue weighted by molar-refractivity contribution is 0.0514. The Labute approximate surface area is 173 Å². The number of esters is 1. The summed E-state index contributed by atoms with van der Waals surface area (Å²) in [5.41, 5.74) is 0.710. The molecular formula is C20H19ClN2O5S. The number of rotatable bonds is 8. The minimum absolute atomic E-state index is 0.0143. The topological polar surface area (TPSA) is 87.5 Å². The molecule has 2 aromatic carbocycles. The van der Waals surface area contributed by atoms with Crippen LogP contribution in [0.1, 0.15) is 17.4 Å². The summed E-state index contributed by atoms with van der Waals surface area (Å²) in [6.07, 6.45) is 1.52. The zero-order valence-corrected chi connectivity index (χ0v) is 17.2. The van der Waals surface area contributed by atoms with Crippen molar-refractivity contribution in [3.05, 3.63) is 71.5 Å². The SMILES string of the molecule is CCOC(=O)c1nn(-c2ccccc2)cc1OCCS(=O)(=O)c1ccc(Cl)cc1. The Balaban J connectivity index is 1.77. The quantitative estimate of drug-likeness (QED) is 0.504. The van der Waals surface area contributed by atoms with E-state index in [1.807, 2.05) is 30.3 Å². The number of nitrogens with zero attached hydrogens (tertiary/aromatic N) is 2. The predicted molar refractivity (Wildman–Crippen MR) is 109 cm³/mol. The van der Waals surface area contributed by atoms with Crippen molar-refractivity contribution >= 4 is 27.4 Å². The van der Waals surface area contributed by atoms with Gasteiger partial charge >= 0.3 is 5.97 Å². The zero-order chi connectivity index (χ0) is 20.9. The van der Waals surface area contributed by atoms with Gasteiger partial charge in [-0.05, 0) is 43.3 Å². The van der Waals surface area contributed by atoms with Crippen LogP contribution >= 0.6 is 11.6 Å². The van der Waals surface area contributed by atoms with E-state index >= 15 is 0 Å². The summed E-state index contributed by atoms with van der Waals surface area (Å²) in [7, 11) is -3.56. The molecule has 3 rings (SSSR count). The van der Waals surface area contributed by atoms with Crippen molar-refractivity contribution < 1.29 is 22.7 Å². The van der Waals surface area contributed by atoms with E-state index < -0.39 is 15.8 Å². The lowest BCUT2D eigenvalue weighted by Gasteiger charge is -2.07. The predicted octanol–water partition coefficient (Wildman–Crippen LogP) is 3.56. The fourth-order valence-electron chi connectivity index (χ4n) is 2.54. The molecule has 29 heavy (non-hydrogen) atoms. The van der Waals surface area contributed by atoms with Crippen LogP contribution in [0, 0.1) is 0 Å². The minimum Gasteiger partial charge on any atom is -0.488 e. The van der Waals surface area contributed by atoms with Crippen LogP contribution in [0.5, 0.6) is 5.75 Å². The number of carbonyl (C=O) groups excluding carboxylic acids is 1. The van der Waals surface area contributed by atoms with E-state index in [4.69, 9.17) is 21.1 Å². The molecule has 0 N–H and O–H groups in total. The summed E-state index contributed by atoms with van der Waals surface area (Å²) in [4.78, 5) is 12.4. The summed E-state index contributed by atoms with van der Waals surface area (Å²) < 4.78 is 37.0. The molecule has 0 spiro atoms. The lowest BCUT2D eigenvalue weighted by Crippen LogP contribution is -2.15. The standard InChI is InChI=1S/C20H19ClN2O5S/c1-2-27-20(24)19-18(14-23(22-19)16-6-4-3-5-7-16)28-12-13-29(25,26)17-10-8-15(21)9-11-17/h3-11,14H,2,12-13H2,1H3. The number of carbonyl (C=O) groups is 1. The number of ether oxygens (including phenoxy) is 2. The van der Waals surface area contributed by atoms with E-state index in [2.05, 4.69) is 5.10 Å². The fraction of sp³-hybridized carbons (Fsp3) is 0.200. The molecule has 0 aliphatic heterocycles. The first-order chi connectivity index (χ1) is 13.9. The molecule has 0 fully saturated rings. The number of hydrogen-bond acceptors (Lipinski definition) is 6. The second-order valence-corrected chi connectivity index (χ2v) is 8.51. The van der Waals surface area contributed by atoms with Gasteiger partial charge in [0.05, 0.1) is 29.1 Å². The smallest absolute Gasteiger partial charge is 0.362 e. The maximum Gasteiger partial charge on any atom is 0.362 e. The molecule has 7 nitrogen and oxygen atoms in total. The van der Waals surface area contributed by atoms with Gasteiger partial charge in [-0.2, -0.15) is 5.10 Å². The first kappa shape index (κ1) is 20.9. The van der Waals surface area contributed by atoms with E-state index in [9.17, 15) is 13.2 Å². The molecule has 0 amide bonds. The van der Waals surface area contributed by atoms with Gasteiger partial charge in [0.1, 0.15) is 6.61 Å². The molecule has 0 radical (unpaired) electrons. The zero-order valence-electron chi connectivity index (χ0n) is 15.6. The Hall–Kier alpha value is -2.84. The third-order valence-electron chi connectivity index (χ3n) is 3.95. The highest BCUT2D eigenvalue weighted by atomic mass is 35.5. The maximum atomic E-state index is 12.4. The summed E-state index contributed by atoms with van der Waals surface area (Å²) in [6.45, 7) is 1.71. The van der Waals surface area contributed by atoms with E-state index in [0.29, 0.717) is 5.02 Å². The third-order valence-corrected chi connectivity index (χ3v) is 5.90. The molecule has 0 aliphatic rings. The van der Waals surface area contributed by atoms with Crippen LogP contribution < -0.4 is 4.74 Å². The molecule has 152 valence electrons. The highest BCUT2D eigenvalue weighted by Crippen LogP contribution is 2.22. The molecular weight excluding hydrogens is 416 g/mol. The maximum absolute atomic E-state index is 12.4. The molecule has 0 saturated heterocycles. The van der Waals surface area contributed by atoms with Gasteiger partial charge in [0.25, 0.3) is 0 Å². The highest BCUT2D eigenvalue weighted by Gasteiger charge is 2.21. The van der Waals surface area contributed by atoms with Crippen molar-refractivity contribution in [3.63, 3.8) is 0 Å². The molecule has 1 aromatic heterocycles. The van der Waals surface area contributed by atoms with Gasteiger partial charge in [-0.1, -0.05) is 29.8 Å². The molecule has 1 heterocycles. The van der Waals surface area contributed by atoms with Crippen molar-refractivity contribution in [1.29, 1.82) is 0 Å². The number of sulfone groups is 1. The van der Waals surface area contributed by atoms with Crippen LogP contribution in [0.3, 0.4) is 0 Å². The van der Waals surface area contributed by atoms with Crippen LogP contribution in [-0.2, 0) is 14.6 Å². The molecule has 0 unspecified atom stereocenters. The van der Waals surface area contributed by atoms with Crippen molar-refractivity contribution in [2.75, 3.05) is 19.0 Å². The van der Waals surface area contributed by atoms with E-state index in [1.54, 1.807) is 6.92 Å². The van der Waals surface area contributed by atoms with Gasteiger partial charge < -0.3 is 9.47 Å². The molecule has 0 saturated carbocycles. The third kappa shape index (κ3) is 5.16. The molecule has 3 aromatic rings. The molecule has 0 atom stereocenters. The first-order valence-corrected chi connectivity index (χ1v) is 10.9.